The van der Waals surface area contributed by atoms with Crippen molar-refractivity contribution >= 4 is 11.7 Å². The van der Waals surface area contributed by atoms with Crippen LogP contribution in [0.4, 0.5) is 0 Å². The van der Waals surface area contributed by atoms with Gasteiger partial charge in [0.05, 0.1) is 6.54 Å². The Morgan fingerprint density at radius 2 is 1.74 bits per heavy atom. The number of rotatable bonds is 9. The second kappa shape index (κ2) is 10.2. The van der Waals surface area contributed by atoms with Crippen molar-refractivity contribution in [3.05, 3.63) is 35.7 Å². The number of nitrogens with zero attached hydrogens (tertiary/aromatic N) is 4. The molecular formula is C23H33N5O3. The topological polar surface area (TPSA) is 91.6 Å². The third kappa shape index (κ3) is 7.25. The van der Waals surface area contributed by atoms with Gasteiger partial charge in [-0.3, -0.25) is 14.5 Å². The number of nitrogens with one attached hydrogen (secondary N) is 1. The van der Waals surface area contributed by atoms with Gasteiger partial charge in [0.15, 0.2) is 0 Å². The molecule has 1 aromatic heterocycles. The number of benzene rings is 1. The third-order valence-electron chi connectivity index (χ3n) is 5.43. The summed E-state index contributed by atoms with van der Waals surface area (Å²) in [6, 6.07) is 8.07. The molecule has 1 N–H and O–H groups in total. The molecule has 8 heteroatoms. The summed E-state index contributed by atoms with van der Waals surface area (Å²) in [5, 5.41) is 7.07. The Balaban J connectivity index is 1.39. The molecule has 2 aromatic rings. The summed E-state index contributed by atoms with van der Waals surface area (Å²) in [4.78, 5) is 32.7. The van der Waals surface area contributed by atoms with Crippen molar-refractivity contribution < 1.29 is 14.1 Å². The lowest BCUT2D eigenvalue weighted by molar-refractivity contribution is -0.124. The van der Waals surface area contributed by atoms with E-state index >= 15 is 0 Å². The standard InChI is InChI=1S/C23H33N5O3/c1-17-5-7-19(8-6-17)22-24-21(31-26-22)16-28-13-11-27(12-14-28)10-9-20(30)25-23(3,4)15-18(2)29/h5-8H,9-16H2,1-4H3,(H,25,30). The quantitative estimate of drug-likeness (QED) is 0.657. The van der Waals surface area contributed by atoms with E-state index in [1.54, 1.807) is 6.92 Å². The highest BCUT2D eigenvalue weighted by Gasteiger charge is 2.24. The van der Waals surface area contributed by atoms with Crippen LogP contribution in [0.2, 0.25) is 0 Å². The summed E-state index contributed by atoms with van der Waals surface area (Å²) in [6.45, 7) is 12.3. The van der Waals surface area contributed by atoms with Crippen LogP contribution in [0.5, 0.6) is 0 Å². The highest BCUT2D eigenvalue weighted by molar-refractivity contribution is 5.80. The van der Waals surface area contributed by atoms with Gasteiger partial charge in [-0.1, -0.05) is 35.0 Å². The van der Waals surface area contributed by atoms with Crippen LogP contribution < -0.4 is 5.32 Å². The fourth-order valence-corrected chi connectivity index (χ4v) is 3.87. The first-order chi connectivity index (χ1) is 14.7. The molecule has 1 aliphatic heterocycles. The maximum atomic E-state index is 12.2. The van der Waals surface area contributed by atoms with Crippen LogP contribution in [-0.2, 0) is 16.1 Å². The maximum absolute atomic E-state index is 12.2. The number of amides is 1. The number of Topliss-reactive ketones (excluding diaryl/α,β-unsaturated/α-hetero) is 1. The van der Waals surface area contributed by atoms with Gasteiger partial charge in [0.25, 0.3) is 0 Å². The van der Waals surface area contributed by atoms with E-state index in [1.165, 1.54) is 5.56 Å². The first-order valence-corrected chi connectivity index (χ1v) is 10.8. The van der Waals surface area contributed by atoms with Crippen LogP contribution >= 0.6 is 0 Å². The normalized spacial score (nSPS) is 15.7. The van der Waals surface area contributed by atoms with Gasteiger partial charge in [-0.05, 0) is 27.7 Å². The minimum Gasteiger partial charge on any atom is -0.351 e. The molecule has 168 valence electrons. The zero-order valence-electron chi connectivity index (χ0n) is 19.0. The average Bonchev–Trinajstić information content (AvgIpc) is 3.15. The molecule has 0 bridgehead atoms. The third-order valence-corrected chi connectivity index (χ3v) is 5.43. The monoisotopic (exact) mass is 427 g/mol. The number of hydrogen-bond donors (Lipinski definition) is 1. The lowest BCUT2D eigenvalue weighted by Gasteiger charge is -2.34. The maximum Gasteiger partial charge on any atom is 0.241 e. The number of piperazine rings is 1. The molecular weight excluding hydrogens is 394 g/mol. The number of carbonyl (C=O) groups excluding carboxylic acids is 2. The van der Waals surface area contributed by atoms with Gasteiger partial charge in [-0.2, -0.15) is 4.98 Å². The largest absolute Gasteiger partial charge is 0.351 e. The van der Waals surface area contributed by atoms with Gasteiger partial charge in [0.2, 0.25) is 17.6 Å². The smallest absolute Gasteiger partial charge is 0.241 e. The van der Waals surface area contributed by atoms with E-state index < -0.39 is 5.54 Å². The van der Waals surface area contributed by atoms with Gasteiger partial charge in [0.1, 0.15) is 5.78 Å². The fourth-order valence-electron chi connectivity index (χ4n) is 3.87. The first-order valence-electron chi connectivity index (χ1n) is 10.8. The second-order valence-electron chi connectivity index (χ2n) is 9.06. The predicted molar refractivity (Wildman–Crippen MR) is 118 cm³/mol. The van der Waals surface area contributed by atoms with E-state index in [4.69, 9.17) is 4.52 Å². The van der Waals surface area contributed by atoms with Crippen molar-refractivity contribution in [2.75, 3.05) is 32.7 Å². The zero-order chi connectivity index (χ0) is 22.4. The lowest BCUT2D eigenvalue weighted by atomic mass is 9.98. The number of aryl methyl sites for hydroxylation is 1. The van der Waals surface area contributed by atoms with Crippen molar-refractivity contribution in [3.8, 4) is 11.4 Å². The minimum atomic E-state index is -0.497. The van der Waals surface area contributed by atoms with E-state index in [9.17, 15) is 9.59 Å². The van der Waals surface area contributed by atoms with Gasteiger partial charge >= 0.3 is 0 Å². The van der Waals surface area contributed by atoms with E-state index in [1.807, 2.05) is 45.0 Å². The van der Waals surface area contributed by atoms with Crippen molar-refractivity contribution in [2.24, 2.45) is 0 Å². The molecule has 0 unspecified atom stereocenters. The van der Waals surface area contributed by atoms with Crippen molar-refractivity contribution in [3.63, 3.8) is 0 Å². The molecule has 1 saturated heterocycles. The van der Waals surface area contributed by atoms with Crippen LogP contribution in [0.25, 0.3) is 11.4 Å². The zero-order valence-corrected chi connectivity index (χ0v) is 19.0. The summed E-state index contributed by atoms with van der Waals surface area (Å²) >= 11 is 0. The summed E-state index contributed by atoms with van der Waals surface area (Å²) < 4.78 is 5.44. The Morgan fingerprint density at radius 1 is 1.10 bits per heavy atom. The molecule has 2 heterocycles. The van der Waals surface area contributed by atoms with Crippen molar-refractivity contribution in [1.82, 2.24) is 25.3 Å². The lowest BCUT2D eigenvalue weighted by Crippen LogP contribution is -2.48. The molecule has 0 atom stereocenters. The Labute approximate surface area is 184 Å². The molecule has 0 spiro atoms. The van der Waals surface area contributed by atoms with E-state index in [0.29, 0.717) is 37.6 Å². The number of aromatic nitrogens is 2. The Kier molecular flexibility index (Phi) is 7.56. The molecule has 1 aromatic carbocycles. The highest BCUT2D eigenvalue weighted by Crippen LogP contribution is 2.17. The molecule has 0 aliphatic carbocycles. The highest BCUT2D eigenvalue weighted by atomic mass is 16.5. The molecule has 0 radical (unpaired) electrons. The molecule has 31 heavy (non-hydrogen) atoms. The summed E-state index contributed by atoms with van der Waals surface area (Å²) in [5.41, 5.74) is 1.65. The summed E-state index contributed by atoms with van der Waals surface area (Å²) in [5.74, 6) is 1.31. The molecule has 1 aliphatic rings. The molecule has 1 amide bonds. The van der Waals surface area contributed by atoms with Crippen LogP contribution in [0, 0.1) is 6.92 Å². The van der Waals surface area contributed by atoms with Gasteiger partial charge in [-0.25, -0.2) is 0 Å². The summed E-state index contributed by atoms with van der Waals surface area (Å²) in [6.07, 6.45) is 0.781. The van der Waals surface area contributed by atoms with Gasteiger partial charge in [0, 0.05) is 56.7 Å². The van der Waals surface area contributed by atoms with Gasteiger partial charge in [-0.15, -0.1) is 0 Å². The first kappa shape index (κ1) is 23.1. The van der Waals surface area contributed by atoms with Crippen LogP contribution in [0.15, 0.2) is 28.8 Å². The van der Waals surface area contributed by atoms with Crippen LogP contribution in [0.3, 0.4) is 0 Å². The number of hydrogen-bond acceptors (Lipinski definition) is 7. The summed E-state index contributed by atoms with van der Waals surface area (Å²) in [7, 11) is 0. The minimum absolute atomic E-state index is 0.0109. The van der Waals surface area contributed by atoms with E-state index in [2.05, 4.69) is 25.3 Å². The molecule has 1 fully saturated rings. The van der Waals surface area contributed by atoms with Crippen LogP contribution in [-0.4, -0.2) is 69.9 Å². The number of carbonyl (C=O) groups is 2. The van der Waals surface area contributed by atoms with Crippen molar-refractivity contribution in [1.29, 1.82) is 0 Å². The molecule has 8 nitrogen and oxygen atoms in total. The SMILES string of the molecule is CC(=O)CC(C)(C)NC(=O)CCN1CCN(Cc2nc(-c3ccc(C)cc3)no2)CC1. The van der Waals surface area contributed by atoms with E-state index in [-0.39, 0.29) is 11.7 Å². The Morgan fingerprint density at radius 3 is 2.39 bits per heavy atom. The second-order valence-corrected chi connectivity index (χ2v) is 9.06. The van der Waals surface area contributed by atoms with Crippen molar-refractivity contribution in [2.45, 2.75) is 52.6 Å². The number of ketones is 1. The predicted octanol–water partition coefficient (Wildman–Crippen LogP) is 2.43. The molecule has 0 saturated carbocycles. The fraction of sp³-hybridized carbons (Fsp3) is 0.565. The Bertz CT molecular complexity index is 883. The van der Waals surface area contributed by atoms with Gasteiger partial charge < -0.3 is 14.7 Å². The van der Waals surface area contributed by atoms with Crippen LogP contribution in [0.1, 0.15) is 45.1 Å². The van der Waals surface area contributed by atoms with E-state index in [0.717, 1.165) is 31.7 Å². The Hall–Kier alpha value is -2.58. The average molecular weight is 428 g/mol. The molecule has 3 rings (SSSR count).